The highest BCUT2D eigenvalue weighted by molar-refractivity contribution is 8.20. The molecular formula is C18H14N2O8S2. The molecule has 0 radical (unpaired) electrons. The van der Waals surface area contributed by atoms with Crippen molar-refractivity contribution < 1.29 is 28.9 Å². The Labute approximate surface area is 178 Å². The van der Waals surface area contributed by atoms with Gasteiger partial charge in [-0.05, 0) is 24.3 Å². The fraction of sp³-hybridized carbons (Fsp3) is 0.222. The molecule has 3 rings (SSSR count). The van der Waals surface area contributed by atoms with E-state index in [0.29, 0.717) is 5.75 Å². The predicted molar refractivity (Wildman–Crippen MR) is 110 cm³/mol. The summed E-state index contributed by atoms with van der Waals surface area (Å²) in [6.45, 7) is 0.0801. The third kappa shape index (κ3) is 5.48. The van der Waals surface area contributed by atoms with Crippen molar-refractivity contribution in [2.45, 2.75) is 10.0 Å². The fourth-order valence-electron chi connectivity index (χ4n) is 2.44. The van der Waals surface area contributed by atoms with Gasteiger partial charge in [-0.1, -0.05) is 11.8 Å². The third-order valence-electron chi connectivity index (χ3n) is 3.94. The van der Waals surface area contributed by atoms with Gasteiger partial charge < -0.3 is 9.47 Å². The van der Waals surface area contributed by atoms with E-state index in [0.717, 1.165) is 0 Å². The van der Waals surface area contributed by atoms with Gasteiger partial charge in [0.25, 0.3) is 11.4 Å². The summed E-state index contributed by atoms with van der Waals surface area (Å²) < 4.78 is 10.5. The normalized spacial score (nSPS) is 17.9. The van der Waals surface area contributed by atoms with Gasteiger partial charge in [-0.15, -0.1) is 11.8 Å². The fourth-order valence-corrected chi connectivity index (χ4v) is 5.14. The number of hydrogen-bond donors (Lipinski definition) is 0. The lowest BCUT2D eigenvalue weighted by molar-refractivity contribution is -0.385. The Morgan fingerprint density at radius 2 is 1.40 bits per heavy atom. The first kappa shape index (κ1) is 21.6. The summed E-state index contributed by atoms with van der Waals surface area (Å²) >= 11 is 2.80. The van der Waals surface area contributed by atoms with Gasteiger partial charge >= 0.3 is 11.9 Å². The molecule has 10 nitrogen and oxygen atoms in total. The van der Waals surface area contributed by atoms with Gasteiger partial charge in [0.05, 0.1) is 25.6 Å². The molecule has 2 aromatic rings. The maximum Gasteiger partial charge on any atom is 0.339 e. The van der Waals surface area contributed by atoms with Crippen LogP contribution < -0.4 is 0 Å². The number of nitrogens with zero attached hydrogens (tertiary/aromatic N) is 2. The maximum absolute atomic E-state index is 12.2. The van der Waals surface area contributed by atoms with Crippen LogP contribution >= 0.6 is 23.5 Å². The highest BCUT2D eigenvalue weighted by atomic mass is 32.2. The second kappa shape index (κ2) is 9.59. The number of nitro groups is 2. The van der Waals surface area contributed by atoms with Gasteiger partial charge in [-0.25, -0.2) is 9.59 Å². The molecule has 0 amide bonds. The number of esters is 2. The first-order valence-corrected chi connectivity index (χ1v) is 10.5. The molecule has 30 heavy (non-hydrogen) atoms. The highest BCUT2D eigenvalue weighted by Gasteiger charge is 2.30. The second-order valence-electron chi connectivity index (χ2n) is 5.94. The van der Waals surface area contributed by atoms with Gasteiger partial charge in [0.2, 0.25) is 0 Å². The van der Waals surface area contributed by atoms with E-state index < -0.39 is 27.2 Å². The highest BCUT2D eigenvalue weighted by Crippen LogP contribution is 2.39. The van der Waals surface area contributed by atoms with E-state index in [1.54, 1.807) is 0 Å². The molecule has 1 aliphatic heterocycles. The topological polar surface area (TPSA) is 139 Å². The average Bonchev–Trinajstić information content (AvgIpc) is 3.19. The Morgan fingerprint density at radius 1 is 0.900 bits per heavy atom. The third-order valence-corrected chi connectivity index (χ3v) is 6.90. The van der Waals surface area contributed by atoms with Gasteiger partial charge in [-0.3, -0.25) is 20.2 Å². The summed E-state index contributed by atoms with van der Waals surface area (Å²) in [7, 11) is 0. The molecule has 2 unspecified atom stereocenters. The lowest BCUT2D eigenvalue weighted by Gasteiger charge is -2.12. The van der Waals surface area contributed by atoms with Crippen molar-refractivity contribution in [2.24, 2.45) is 0 Å². The Bertz CT molecular complexity index is 965. The van der Waals surface area contributed by atoms with E-state index in [1.807, 2.05) is 0 Å². The van der Waals surface area contributed by atoms with Crippen LogP contribution in [0.1, 0.15) is 20.7 Å². The molecule has 0 bridgehead atoms. The van der Waals surface area contributed by atoms with Crippen LogP contribution in [-0.4, -0.2) is 44.2 Å². The summed E-state index contributed by atoms with van der Waals surface area (Å²) in [5.74, 6) is -0.688. The molecule has 1 fully saturated rings. The van der Waals surface area contributed by atoms with Crippen LogP contribution in [0.4, 0.5) is 11.4 Å². The lowest BCUT2D eigenvalue weighted by Crippen LogP contribution is -2.16. The molecule has 0 N–H and O–H groups in total. The SMILES string of the molecule is O=C(OCC1SCC(OC(=O)c2ccc([N+](=O)[O-])cc2)S1)c1ccc([N+](=O)[O-])cc1. The number of ether oxygens (including phenoxy) is 2. The Hall–Kier alpha value is -3.12. The minimum Gasteiger partial charge on any atom is -0.460 e. The maximum atomic E-state index is 12.2. The van der Waals surface area contributed by atoms with E-state index in [4.69, 9.17) is 9.47 Å². The van der Waals surface area contributed by atoms with E-state index in [-0.39, 0.29) is 33.7 Å². The molecule has 1 heterocycles. The van der Waals surface area contributed by atoms with Crippen LogP contribution in [0.3, 0.4) is 0 Å². The van der Waals surface area contributed by atoms with E-state index in [1.165, 1.54) is 72.1 Å². The first-order valence-electron chi connectivity index (χ1n) is 8.47. The summed E-state index contributed by atoms with van der Waals surface area (Å²) in [5, 5.41) is 21.3. The summed E-state index contributed by atoms with van der Waals surface area (Å²) in [6.07, 6.45) is 0. The zero-order chi connectivity index (χ0) is 21.7. The summed E-state index contributed by atoms with van der Waals surface area (Å²) in [6, 6.07) is 10.2. The first-order chi connectivity index (χ1) is 14.3. The lowest BCUT2D eigenvalue weighted by atomic mass is 10.2. The van der Waals surface area contributed by atoms with Crippen LogP contribution in [0.15, 0.2) is 48.5 Å². The molecular weight excluding hydrogens is 436 g/mol. The predicted octanol–water partition coefficient (Wildman–Crippen LogP) is 3.65. The summed E-state index contributed by atoms with van der Waals surface area (Å²) in [4.78, 5) is 44.4. The van der Waals surface area contributed by atoms with Crippen molar-refractivity contribution in [1.29, 1.82) is 0 Å². The number of non-ortho nitro benzene ring substituents is 2. The van der Waals surface area contributed by atoms with Crippen LogP contribution in [0, 0.1) is 20.2 Å². The van der Waals surface area contributed by atoms with Crippen molar-refractivity contribution in [2.75, 3.05) is 12.4 Å². The minimum absolute atomic E-state index is 0.0801. The molecule has 2 atom stereocenters. The largest absolute Gasteiger partial charge is 0.460 e. The molecule has 0 aromatic heterocycles. The molecule has 0 aliphatic carbocycles. The van der Waals surface area contributed by atoms with Gasteiger partial charge in [0.15, 0.2) is 5.44 Å². The van der Waals surface area contributed by atoms with Crippen molar-refractivity contribution in [1.82, 2.24) is 0 Å². The number of carbonyl (C=O) groups excluding carboxylic acids is 2. The van der Waals surface area contributed by atoms with Crippen LogP contribution in [0.25, 0.3) is 0 Å². The van der Waals surface area contributed by atoms with Crippen molar-refractivity contribution in [3.8, 4) is 0 Å². The Balaban J connectivity index is 1.45. The molecule has 12 heteroatoms. The second-order valence-corrected chi connectivity index (χ2v) is 8.84. The minimum atomic E-state index is -0.600. The monoisotopic (exact) mass is 450 g/mol. The number of hydrogen-bond acceptors (Lipinski definition) is 10. The van der Waals surface area contributed by atoms with Crippen molar-refractivity contribution in [3.63, 3.8) is 0 Å². The smallest absolute Gasteiger partial charge is 0.339 e. The molecule has 2 aromatic carbocycles. The zero-order valence-corrected chi connectivity index (χ0v) is 16.8. The van der Waals surface area contributed by atoms with Gasteiger partial charge in [0.1, 0.15) is 6.61 Å². The van der Waals surface area contributed by atoms with Crippen molar-refractivity contribution >= 4 is 46.8 Å². The average molecular weight is 450 g/mol. The quantitative estimate of drug-likeness (QED) is 0.349. The number of rotatable bonds is 7. The molecule has 1 aliphatic rings. The van der Waals surface area contributed by atoms with Crippen molar-refractivity contribution in [3.05, 3.63) is 79.9 Å². The molecule has 0 spiro atoms. The summed E-state index contributed by atoms with van der Waals surface area (Å²) in [5.41, 5.74) is -0.270. The Kier molecular flexibility index (Phi) is 6.90. The van der Waals surface area contributed by atoms with E-state index in [2.05, 4.69) is 0 Å². The molecule has 156 valence electrons. The van der Waals surface area contributed by atoms with E-state index in [9.17, 15) is 29.8 Å². The molecule has 1 saturated heterocycles. The number of nitro benzene ring substituents is 2. The van der Waals surface area contributed by atoms with Crippen LogP contribution in [0.2, 0.25) is 0 Å². The zero-order valence-electron chi connectivity index (χ0n) is 15.2. The van der Waals surface area contributed by atoms with Gasteiger partial charge in [-0.2, -0.15) is 0 Å². The number of benzene rings is 2. The number of thioether (sulfide) groups is 2. The Morgan fingerprint density at radius 3 is 1.90 bits per heavy atom. The number of carbonyl (C=O) groups is 2. The van der Waals surface area contributed by atoms with Crippen LogP contribution in [-0.2, 0) is 9.47 Å². The standard InChI is InChI=1S/C18H14N2O8S2/c21-17(11-1-5-13(6-2-11)19(23)24)27-9-16-29-10-15(30-16)28-18(22)12-3-7-14(8-4-12)20(25)26/h1-8,15-16H,9-10H2. The van der Waals surface area contributed by atoms with Crippen LogP contribution in [0.5, 0.6) is 0 Å². The van der Waals surface area contributed by atoms with E-state index >= 15 is 0 Å². The molecule has 0 saturated carbocycles. The van der Waals surface area contributed by atoms with Gasteiger partial charge in [0, 0.05) is 30.0 Å².